The van der Waals surface area contributed by atoms with E-state index in [9.17, 15) is 9.59 Å². The van der Waals surface area contributed by atoms with Gasteiger partial charge in [0.05, 0.1) is 10.6 Å². The smallest absolute Gasteiger partial charge is 0.415 e. The number of pyridine rings is 1. The molecule has 1 N–H and O–H groups in total. The maximum atomic E-state index is 11.5. The van der Waals surface area contributed by atoms with Gasteiger partial charge in [0, 0.05) is 6.20 Å². The van der Waals surface area contributed by atoms with Gasteiger partial charge in [-0.2, -0.15) is 0 Å². The van der Waals surface area contributed by atoms with Crippen LogP contribution in [0.5, 0.6) is 0 Å². The van der Waals surface area contributed by atoms with Crippen LogP contribution >= 0.6 is 23.2 Å². The molecule has 2 amide bonds. The lowest BCUT2D eigenvalue weighted by Crippen LogP contribution is -2.31. The number of terminal acetylenes is 1. The van der Waals surface area contributed by atoms with Gasteiger partial charge in [0.15, 0.2) is 6.61 Å². The Hall–Kier alpha value is -1.77. The topological polar surface area (TPSA) is 68.3 Å². The minimum Gasteiger partial charge on any atom is -0.436 e. The van der Waals surface area contributed by atoms with E-state index in [1.807, 2.05) is 5.32 Å². The lowest BCUT2D eigenvalue weighted by molar-refractivity contribution is 0.0930. The second-order valence-corrected chi connectivity index (χ2v) is 3.52. The predicted molar refractivity (Wildman–Crippen MR) is 61.9 cm³/mol. The fraction of sp³-hybridized carbons (Fsp3) is 0.100. The van der Waals surface area contributed by atoms with Crippen molar-refractivity contribution in [2.45, 2.75) is 0 Å². The highest BCUT2D eigenvalue weighted by molar-refractivity contribution is 6.34. The van der Waals surface area contributed by atoms with Gasteiger partial charge in [-0.1, -0.05) is 29.1 Å². The summed E-state index contributed by atoms with van der Waals surface area (Å²) in [6.45, 7) is -0.235. The number of aromatic nitrogens is 1. The lowest BCUT2D eigenvalue weighted by Gasteiger charge is -2.05. The maximum Gasteiger partial charge on any atom is 0.415 e. The first-order valence-corrected chi connectivity index (χ1v) is 5.03. The van der Waals surface area contributed by atoms with Crippen molar-refractivity contribution in [3.63, 3.8) is 0 Å². The van der Waals surface area contributed by atoms with E-state index in [1.54, 1.807) is 0 Å². The molecule has 0 fully saturated rings. The van der Waals surface area contributed by atoms with Crippen molar-refractivity contribution >= 4 is 35.2 Å². The van der Waals surface area contributed by atoms with E-state index in [-0.39, 0.29) is 22.3 Å². The zero-order valence-electron chi connectivity index (χ0n) is 8.37. The Labute approximate surface area is 107 Å². The van der Waals surface area contributed by atoms with Crippen LogP contribution in [-0.2, 0) is 4.74 Å². The number of alkyl carbamates (subject to hydrolysis) is 1. The Morgan fingerprint density at radius 2 is 2.24 bits per heavy atom. The quantitative estimate of drug-likeness (QED) is 0.660. The van der Waals surface area contributed by atoms with Gasteiger partial charge in [-0.05, 0) is 6.07 Å². The third kappa shape index (κ3) is 3.94. The standard InChI is InChI=1S/C10H6Cl2N2O3/c1-2-3-17-10(16)14-9(15)7-4-6(11)5-13-8(7)12/h1,4-5H,3H2,(H,14,15,16). The molecule has 0 aliphatic carbocycles. The van der Waals surface area contributed by atoms with E-state index >= 15 is 0 Å². The Morgan fingerprint density at radius 3 is 2.88 bits per heavy atom. The maximum absolute atomic E-state index is 11.5. The molecule has 5 nitrogen and oxygen atoms in total. The lowest BCUT2D eigenvalue weighted by atomic mass is 10.3. The molecule has 88 valence electrons. The molecule has 17 heavy (non-hydrogen) atoms. The highest BCUT2D eigenvalue weighted by Gasteiger charge is 2.15. The van der Waals surface area contributed by atoms with Crippen molar-refractivity contribution in [2.24, 2.45) is 0 Å². The molecule has 0 aliphatic rings. The average molecular weight is 273 g/mol. The molecule has 1 heterocycles. The third-order valence-corrected chi connectivity index (χ3v) is 2.06. The molecular weight excluding hydrogens is 267 g/mol. The van der Waals surface area contributed by atoms with Gasteiger partial charge in [-0.3, -0.25) is 10.1 Å². The number of amides is 2. The van der Waals surface area contributed by atoms with Crippen LogP contribution in [0.15, 0.2) is 12.3 Å². The number of carbonyl (C=O) groups excluding carboxylic acids is 2. The molecule has 0 saturated carbocycles. The molecule has 0 bridgehead atoms. The van der Waals surface area contributed by atoms with Gasteiger partial charge in [0.1, 0.15) is 5.15 Å². The first-order chi connectivity index (χ1) is 8.04. The van der Waals surface area contributed by atoms with Gasteiger partial charge in [0.2, 0.25) is 0 Å². The average Bonchev–Trinajstić information content (AvgIpc) is 2.29. The number of ether oxygens (including phenoxy) is 1. The van der Waals surface area contributed by atoms with Crippen LogP contribution in [0.3, 0.4) is 0 Å². The second-order valence-electron chi connectivity index (χ2n) is 2.73. The molecule has 0 aliphatic heterocycles. The fourth-order valence-corrected chi connectivity index (χ4v) is 1.23. The van der Waals surface area contributed by atoms with E-state index in [4.69, 9.17) is 29.6 Å². The van der Waals surface area contributed by atoms with Crippen LogP contribution in [-0.4, -0.2) is 23.6 Å². The minimum atomic E-state index is -0.969. The monoisotopic (exact) mass is 272 g/mol. The van der Waals surface area contributed by atoms with Crippen LogP contribution in [0.2, 0.25) is 10.2 Å². The van der Waals surface area contributed by atoms with Crippen LogP contribution in [0, 0.1) is 12.3 Å². The van der Waals surface area contributed by atoms with Crippen LogP contribution in [0.1, 0.15) is 10.4 Å². The molecule has 1 aromatic rings. The van der Waals surface area contributed by atoms with E-state index in [1.165, 1.54) is 12.3 Å². The summed E-state index contributed by atoms with van der Waals surface area (Å²) >= 11 is 11.3. The highest BCUT2D eigenvalue weighted by atomic mass is 35.5. The number of rotatable bonds is 2. The van der Waals surface area contributed by atoms with E-state index < -0.39 is 12.0 Å². The number of nitrogens with zero attached hydrogens (tertiary/aromatic N) is 1. The molecule has 0 spiro atoms. The Bertz CT molecular complexity index is 497. The normalized spacial score (nSPS) is 9.24. The van der Waals surface area contributed by atoms with Gasteiger partial charge in [-0.25, -0.2) is 9.78 Å². The van der Waals surface area contributed by atoms with Crippen molar-refractivity contribution in [3.05, 3.63) is 28.0 Å². The highest BCUT2D eigenvalue weighted by Crippen LogP contribution is 2.17. The summed E-state index contributed by atoms with van der Waals surface area (Å²) in [7, 11) is 0. The number of imide groups is 1. The molecular formula is C10H6Cl2N2O3. The number of nitrogens with one attached hydrogen (secondary N) is 1. The molecule has 1 aromatic heterocycles. The molecule has 0 unspecified atom stereocenters. The fourth-order valence-electron chi connectivity index (χ4n) is 0.885. The van der Waals surface area contributed by atoms with Crippen LogP contribution in [0.25, 0.3) is 0 Å². The van der Waals surface area contributed by atoms with E-state index in [0.29, 0.717) is 0 Å². The van der Waals surface area contributed by atoms with Crippen molar-refractivity contribution in [1.82, 2.24) is 10.3 Å². The first-order valence-electron chi connectivity index (χ1n) is 4.27. The van der Waals surface area contributed by atoms with Crippen LogP contribution in [0.4, 0.5) is 4.79 Å². The van der Waals surface area contributed by atoms with Crippen molar-refractivity contribution in [3.8, 4) is 12.3 Å². The SMILES string of the molecule is C#CCOC(=O)NC(=O)c1cc(Cl)cnc1Cl. The van der Waals surface area contributed by atoms with Gasteiger partial charge in [0.25, 0.3) is 5.91 Å². The summed E-state index contributed by atoms with van der Waals surface area (Å²) < 4.78 is 4.45. The number of halogens is 2. The molecule has 0 saturated heterocycles. The van der Waals surface area contributed by atoms with Crippen LogP contribution < -0.4 is 5.32 Å². The minimum absolute atomic E-state index is 0.0307. The predicted octanol–water partition coefficient (Wildman–Crippen LogP) is 1.89. The Morgan fingerprint density at radius 1 is 1.53 bits per heavy atom. The molecule has 7 heteroatoms. The number of hydrogen-bond donors (Lipinski definition) is 1. The van der Waals surface area contributed by atoms with E-state index in [0.717, 1.165) is 0 Å². The molecule has 0 atom stereocenters. The van der Waals surface area contributed by atoms with Gasteiger partial charge < -0.3 is 4.74 Å². The van der Waals surface area contributed by atoms with Crippen molar-refractivity contribution < 1.29 is 14.3 Å². The second kappa shape index (κ2) is 6.09. The zero-order chi connectivity index (χ0) is 12.8. The summed E-state index contributed by atoms with van der Waals surface area (Å²) in [6.07, 6.45) is 5.18. The van der Waals surface area contributed by atoms with Gasteiger partial charge in [-0.15, -0.1) is 6.42 Å². The van der Waals surface area contributed by atoms with Gasteiger partial charge >= 0.3 is 6.09 Å². The molecule has 1 rings (SSSR count). The summed E-state index contributed by atoms with van der Waals surface area (Å²) in [5.41, 5.74) is -0.0307. The summed E-state index contributed by atoms with van der Waals surface area (Å²) in [4.78, 5) is 26.2. The third-order valence-electron chi connectivity index (χ3n) is 1.55. The molecule has 0 radical (unpaired) electrons. The summed E-state index contributed by atoms with van der Waals surface area (Å²) in [6, 6.07) is 1.28. The van der Waals surface area contributed by atoms with E-state index in [2.05, 4.69) is 15.6 Å². The van der Waals surface area contributed by atoms with Crippen molar-refractivity contribution in [1.29, 1.82) is 0 Å². The number of carbonyl (C=O) groups is 2. The Balaban J connectivity index is 2.73. The zero-order valence-corrected chi connectivity index (χ0v) is 9.88. The largest absolute Gasteiger partial charge is 0.436 e. The Kier molecular flexibility index (Phi) is 4.76. The molecule has 0 aromatic carbocycles. The van der Waals surface area contributed by atoms with Crippen molar-refractivity contribution in [2.75, 3.05) is 6.61 Å². The summed E-state index contributed by atoms with van der Waals surface area (Å²) in [5, 5.41) is 2.07. The summed E-state index contributed by atoms with van der Waals surface area (Å²) in [5.74, 6) is 1.31. The first kappa shape index (κ1) is 13.3. The number of hydrogen-bond acceptors (Lipinski definition) is 4.